The van der Waals surface area contributed by atoms with Crippen LogP contribution in [0.3, 0.4) is 0 Å². The Balaban J connectivity index is 4.29. The number of likely N-dealkylation sites (N-methyl/N-ethyl adjacent to an activating group) is 1. The molecule has 112 valence electrons. The van der Waals surface area contributed by atoms with Crippen LogP contribution in [0.4, 0.5) is 4.79 Å². The van der Waals surface area contributed by atoms with Crippen LogP contribution in [0, 0.1) is 0 Å². The van der Waals surface area contributed by atoms with Gasteiger partial charge in [-0.15, -0.1) is 0 Å². The molecule has 0 rings (SSSR count). The van der Waals surface area contributed by atoms with Gasteiger partial charge in [-0.3, -0.25) is 4.79 Å². The van der Waals surface area contributed by atoms with E-state index in [9.17, 15) is 9.59 Å². The first-order chi connectivity index (χ1) is 8.73. The lowest BCUT2D eigenvalue weighted by Crippen LogP contribution is -2.49. The van der Waals surface area contributed by atoms with Crippen LogP contribution < -0.4 is 5.32 Å². The number of rotatable bonds is 8. The summed E-state index contributed by atoms with van der Waals surface area (Å²) >= 11 is 0. The highest BCUT2D eigenvalue weighted by Gasteiger charge is 2.18. The summed E-state index contributed by atoms with van der Waals surface area (Å²) in [6.45, 7) is 7.04. The molecule has 0 heterocycles. The van der Waals surface area contributed by atoms with E-state index in [1.807, 2.05) is 39.8 Å². The molecule has 1 unspecified atom stereocenters. The quantitative estimate of drug-likeness (QED) is 0.697. The molecular weight excluding hydrogens is 246 g/mol. The van der Waals surface area contributed by atoms with Crippen LogP contribution in [0.1, 0.15) is 33.6 Å². The zero-order valence-corrected chi connectivity index (χ0v) is 12.6. The summed E-state index contributed by atoms with van der Waals surface area (Å²) < 4.78 is 0. The predicted octanol–water partition coefficient (Wildman–Crippen LogP) is 1.22. The number of urea groups is 1. The first kappa shape index (κ1) is 17.7. The first-order valence-electron chi connectivity index (χ1n) is 6.67. The van der Waals surface area contributed by atoms with Crippen LogP contribution in [0.15, 0.2) is 0 Å². The summed E-state index contributed by atoms with van der Waals surface area (Å²) in [6, 6.07) is -0.0155. The third kappa shape index (κ3) is 8.42. The lowest BCUT2D eigenvalue weighted by atomic mass is 10.2. The van der Waals surface area contributed by atoms with Crippen molar-refractivity contribution in [1.82, 2.24) is 15.1 Å². The Kier molecular flexibility index (Phi) is 8.14. The Hall–Kier alpha value is -1.30. The van der Waals surface area contributed by atoms with E-state index in [2.05, 4.69) is 5.32 Å². The molecule has 0 fully saturated rings. The van der Waals surface area contributed by atoms with Crippen molar-refractivity contribution < 1.29 is 14.7 Å². The predicted molar refractivity (Wildman–Crippen MR) is 75.3 cm³/mol. The highest BCUT2D eigenvalue weighted by atomic mass is 16.4. The van der Waals surface area contributed by atoms with Crippen molar-refractivity contribution in [3.05, 3.63) is 0 Å². The lowest BCUT2D eigenvalue weighted by Gasteiger charge is -2.29. The van der Waals surface area contributed by atoms with Crippen molar-refractivity contribution in [2.24, 2.45) is 0 Å². The maximum Gasteiger partial charge on any atom is 0.317 e. The molecule has 0 aliphatic carbocycles. The van der Waals surface area contributed by atoms with Gasteiger partial charge in [-0.1, -0.05) is 0 Å². The van der Waals surface area contributed by atoms with Gasteiger partial charge in [0.1, 0.15) is 0 Å². The highest BCUT2D eigenvalue weighted by molar-refractivity contribution is 5.75. The van der Waals surface area contributed by atoms with Crippen LogP contribution >= 0.6 is 0 Å². The molecule has 0 aromatic heterocycles. The first-order valence-corrected chi connectivity index (χ1v) is 6.67. The Morgan fingerprint density at radius 3 is 2.21 bits per heavy atom. The summed E-state index contributed by atoms with van der Waals surface area (Å²) in [5.41, 5.74) is 0. The van der Waals surface area contributed by atoms with Crippen LogP contribution in [0.2, 0.25) is 0 Å². The monoisotopic (exact) mass is 273 g/mol. The Morgan fingerprint density at radius 1 is 1.21 bits per heavy atom. The second kappa shape index (κ2) is 8.74. The van der Waals surface area contributed by atoms with E-state index >= 15 is 0 Å². The molecule has 0 aromatic carbocycles. The number of carbonyl (C=O) groups is 2. The van der Waals surface area contributed by atoms with Gasteiger partial charge in [0.25, 0.3) is 0 Å². The number of nitrogens with zero attached hydrogens (tertiary/aromatic N) is 2. The standard InChI is InChI=1S/C13H27N3O3/c1-10(2)16(8-6-7-12(17)18)13(19)14-11(3)9-15(4)5/h10-11H,6-9H2,1-5H3,(H,14,19)(H,17,18). The number of hydrogen-bond donors (Lipinski definition) is 2. The number of carboxylic acids is 1. The minimum Gasteiger partial charge on any atom is -0.481 e. The second-order valence-electron chi connectivity index (χ2n) is 5.40. The van der Waals surface area contributed by atoms with Gasteiger partial charge in [-0.2, -0.15) is 0 Å². The molecular formula is C13H27N3O3. The van der Waals surface area contributed by atoms with E-state index in [4.69, 9.17) is 5.11 Å². The van der Waals surface area contributed by atoms with Crippen molar-refractivity contribution in [3.63, 3.8) is 0 Å². The van der Waals surface area contributed by atoms with Crippen LogP contribution in [-0.4, -0.2) is 66.2 Å². The fourth-order valence-corrected chi connectivity index (χ4v) is 1.88. The Bertz CT molecular complexity index is 293. The Labute approximate surface area is 115 Å². The summed E-state index contributed by atoms with van der Waals surface area (Å²) in [4.78, 5) is 26.3. The molecule has 1 atom stereocenters. The topological polar surface area (TPSA) is 72.9 Å². The maximum atomic E-state index is 12.1. The van der Waals surface area contributed by atoms with E-state index in [0.717, 1.165) is 6.54 Å². The molecule has 0 aliphatic rings. The molecule has 0 bridgehead atoms. The van der Waals surface area contributed by atoms with E-state index in [1.165, 1.54) is 0 Å². The van der Waals surface area contributed by atoms with Crippen molar-refractivity contribution in [3.8, 4) is 0 Å². The molecule has 0 saturated heterocycles. The number of hydrogen-bond acceptors (Lipinski definition) is 3. The molecule has 0 spiro atoms. The van der Waals surface area contributed by atoms with Gasteiger partial charge in [0.2, 0.25) is 0 Å². The molecule has 6 nitrogen and oxygen atoms in total. The fourth-order valence-electron chi connectivity index (χ4n) is 1.88. The van der Waals surface area contributed by atoms with Crippen molar-refractivity contribution in [1.29, 1.82) is 0 Å². The molecule has 6 heteroatoms. The van der Waals surface area contributed by atoms with Crippen molar-refractivity contribution in [2.75, 3.05) is 27.2 Å². The fraction of sp³-hybridized carbons (Fsp3) is 0.846. The van der Waals surface area contributed by atoms with E-state index < -0.39 is 5.97 Å². The zero-order valence-electron chi connectivity index (χ0n) is 12.6. The van der Waals surface area contributed by atoms with Gasteiger partial charge >= 0.3 is 12.0 Å². The molecule has 19 heavy (non-hydrogen) atoms. The molecule has 2 N–H and O–H groups in total. The molecule has 0 saturated carbocycles. The zero-order chi connectivity index (χ0) is 15.0. The van der Waals surface area contributed by atoms with Crippen molar-refractivity contribution in [2.45, 2.75) is 45.7 Å². The largest absolute Gasteiger partial charge is 0.481 e. The maximum absolute atomic E-state index is 12.1. The van der Waals surface area contributed by atoms with Crippen molar-refractivity contribution >= 4 is 12.0 Å². The average molecular weight is 273 g/mol. The smallest absolute Gasteiger partial charge is 0.317 e. The third-order valence-corrected chi connectivity index (χ3v) is 2.68. The number of amides is 2. The SMILES string of the molecule is CC(CN(C)C)NC(=O)N(CCCC(=O)O)C(C)C. The normalized spacial score (nSPS) is 12.6. The van der Waals surface area contributed by atoms with E-state index in [1.54, 1.807) is 4.90 Å². The number of carbonyl (C=O) groups excluding carboxylic acids is 1. The van der Waals surface area contributed by atoms with E-state index in [-0.39, 0.29) is 24.5 Å². The number of nitrogens with one attached hydrogen (secondary N) is 1. The molecule has 0 radical (unpaired) electrons. The summed E-state index contributed by atoms with van der Waals surface area (Å²) in [5.74, 6) is -0.829. The van der Waals surface area contributed by atoms with Gasteiger partial charge in [0, 0.05) is 31.6 Å². The number of carboxylic acid groups (broad SMARTS) is 1. The van der Waals surface area contributed by atoms with Crippen LogP contribution in [-0.2, 0) is 4.79 Å². The van der Waals surface area contributed by atoms with Crippen LogP contribution in [0.25, 0.3) is 0 Å². The molecule has 0 aromatic rings. The molecule has 2 amide bonds. The third-order valence-electron chi connectivity index (χ3n) is 2.68. The van der Waals surface area contributed by atoms with Crippen LogP contribution in [0.5, 0.6) is 0 Å². The van der Waals surface area contributed by atoms with Gasteiger partial charge in [0.15, 0.2) is 0 Å². The Morgan fingerprint density at radius 2 is 1.79 bits per heavy atom. The second-order valence-corrected chi connectivity index (χ2v) is 5.40. The summed E-state index contributed by atoms with van der Waals surface area (Å²) in [5, 5.41) is 11.6. The molecule has 0 aliphatic heterocycles. The minimum absolute atomic E-state index is 0.0559. The van der Waals surface area contributed by atoms with E-state index in [0.29, 0.717) is 13.0 Å². The average Bonchev–Trinajstić information content (AvgIpc) is 2.21. The van der Waals surface area contributed by atoms with Gasteiger partial charge in [-0.05, 0) is 41.3 Å². The number of aliphatic carboxylic acids is 1. The van der Waals surface area contributed by atoms with Gasteiger partial charge in [-0.25, -0.2) is 4.79 Å². The minimum atomic E-state index is -0.829. The summed E-state index contributed by atoms with van der Waals surface area (Å²) in [6.07, 6.45) is 0.562. The summed E-state index contributed by atoms with van der Waals surface area (Å²) in [7, 11) is 3.91. The highest BCUT2D eigenvalue weighted by Crippen LogP contribution is 2.03. The van der Waals surface area contributed by atoms with Gasteiger partial charge < -0.3 is 20.2 Å². The van der Waals surface area contributed by atoms with Gasteiger partial charge in [0.05, 0.1) is 0 Å². The lowest BCUT2D eigenvalue weighted by molar-refractivity contribution is -0.137.